The molecule has 0 atom stereocenters. The number of carbonyl (C=O) groups excluding carboxylic acids is 1. The minimum Gasteiger partial charge on any atom is -0.495 e. The second-order valence-corrected chi connectivity index (χ2v) is 13.5. The molecule has 37 heavy (non-hydrogen) atoms. The number of nitrogens with zero attached hydrogens (tertiary/aromatic N) is 2. The lowest BCUT2D eigenvalue weighted by Crippen LogP contribution is -2.51. The molecule has 198 valence electrons. The van der Waals surface area contributed by atoms with Crippen molar-refractivity contribution in [3.8, 4) is 5.75 Å². The quantitative estimate of drug-likeness (QED) is 0.359. The van der Waals surface area contributed by atoms with Gasteiger partial charge in [0.1, 0.15) is 5.75 Å². The predicted octanol–water partition coefficient (Wildman–Crippen LogP) is 5.15. The van der Waals surface area contributed by atoms with E-state index in [0.717, 1.165) is 20.8 Å². The number of hydrogen-bond acceptors (Lipinski definition) is 5. The summed E-state index contributed by atoms with van der Waals surface area (Å²) < 4.78 is 33.5. The zero-order valence-electron chi connectivity index (χ0n) is 19.9. The molecule has 12 heteroatoms. The second kappa shape index (κ2) is 11.6. The molecular weight excluding hydrogens is 625 g/mol. The number of halogens is 4. The van der Waals surface area contributed by atoms with E-state index < -0.39 is 19.7 Å². The van der Waals surface area contributed by atoms with Crippen LogP contribution in [0.5, 0.6) is 5.75 Å². The predicted molar refractivity (Wildman–Crippen MR) is 153 cm³/mol. The summed E-state index contributed by atoms with van der Waals surface area (Å²) >= 11 is 20.7. The number of ether oxygens (including phenoxy) is 1. The normalized spacial score (nSPS) is 14.7. The molecule has 0 unspecified atom stereocenters. The summed E-state index contributed by atoms with van der Waals surface area (Å²) in [6, 6.07) is 16.8. The van der Waals surface area contributed by atoms with Crippen molar-refractivity contribution in [2.24, 2.45) is 0 Å². The van der Waals surface area contributed by atoms with E-state index in [1.165, 1.54) is 18.1 Å². The van der Waals surface area contributed by atoms with Crippen molar-refractivity contribution in [2.45, 2.75) is 15.1 Å². The highest BCUT2D eigenvalue weighted by Gasteiger charge is 2.36. The Labute approximate surface area is 239 Å². The summed E-state index contributed by atoms with van der Waals surface area (Å²) in [6.45, 7) is 1.75. The summed E-state index contributed by atoms with van der Waals surface area (Å²) in [5.74, 6) is -0.0513. The molecule has 3 aromatic carbocycles. The molecule has 1 aliphatic rings. The van der Waals surface area contributed by atoms with Crippen LogP contribution in [-0.4, -0.2) is 62.9 Å². The lowest BCUT2D eigenvalue weighted by molar-refractivity contribution is -0.130. The van der Waals surface area contributed by atoms with Crippen LogP contribution in [0.4, 0.5) is 5.69 Å². The van der Waals surface area contributed by atoms with Gasteiger partial charge in [-0.25, -0.2) is 13.1 Å². The zero-order valence-corrected chi connectivity index (χ0v) is 24.6. The van der Waals surface area contributed by atoms with Crippen LogP contribution in [0.1, 0.15) is 5.56 Å². The molecule has 1 fully saturated rings. The topological polar surface area (TPSA) is 79.0 Å². The third-order valence-electron chi connectivity index (χ3n) is 6.23. The Kier molecular flexibility index (Phi) is 8.82. The summed E-state index contributed by atoms with van der Waals surface area (Å²) in [4.78, 5) is 15.8. The van der Waals surface area contributed by atoms with Crippen LogP contribution >= 0.6 is 50.7 Å². The Morgan fingerprint density at radius 1 is 1.05 bits per heavy atom. The highest BCUT2D eigenvalue weighted by atomic mass is 79.9. The van der Waals surface area contributed by atoms with Gasteiger partial charge >= 0.3 is 0 Å². The first-order valence-electron chi connectivity index (χ1n) is 11.5. The number of alkyl halides is 3. The first kappa shape index (κ1) is 28.3. The molecule has 0 aliphatic carbocycles. The summed E-state index contributed by atoms with van der Waals surface area (Å²) in [7, 11) is -2.26. The Morgan fingerprint density at radius 2 is 1.78 bits per heavy atom. The first-order valence-corrected chi connectivity index (χ1v) is 14.9. The largest absolute Gasteiger partial charge is 0.495 e. The highest BCUT2D eigenvalue weighted by Crippen LogP contribution is 2.33. The molecule has 0 bridgehead atoms. The van der Waals surface area contributed by atoms with Crippen molar-refractivity contribution in [3.63, 3.8) is 0 Å². The number of benzene rings is 3. The van der Waals surface area contributed by atoms with Crippen LogP contribution in [-0.2, 0) is 21.2 Å². The SMILES string of the molecule is COc1ccc(S(=O)(=O)NCCc2cccc3ccc(Br)cc23)cc1N1CCN(C(=O)C(Cl)(Cl)Cl)CC1. The maximum Gasteiger partial charge on any atom is 0.274 e. The van der Waals surface area contributed by atoms with Gasteiger partial charge in [0, 0.05) is 37.2 Å². The molecule has 1 heterocycles. The van der Waals surface area contributed by atoms with Gasteiger partial charge in [-0.3, -0.25) is 4.79 Å². The van der Waals surface area contributed by atoms with E-state index in [1.54, 1.807) is 12.1 Å². The number of hydrogen-bond donors (Lipinski definition) is 1. The molecular formula is C25H25BrCl3N3O4S. The van der Waals surface area contributed by atoms with Crippen LogP contribution in [0.25, 0.3) is 10.8 Å². The van der Waals surface area contributed by atoms with Crippen molar-refractivity contribution in [2.75, 3.05) is 44.7 Å². The third-order valence-corrected chi connectivity index (χ3v) is 8.67. The number of fused-ring (bicyclic) bond motifs is 1. The maximum atomic E-state index is 13.2. The number of carbonyl (C=O) groups is 1. The third kappa shape index (κ3) is 6.64. The molecule has 0 aromatic heterocycles. The first-order chi connectivity index (χ1) is 17.5. The molecule has 1 N–H and O–H groups in total. The van der Waals surface area contributed by atoms with Gasteiger partial charge in [0.2, 0.25) is 10.0 Å². The molecule has 1 aliphatic heterocycles. The Hall–Kier alpha value is -1.75. The van der Waals surface area contributed by atoms with Gasteiger partial charge in [-0.15, -0.1) is 0 Å². The molecule has 7 nitrogen and oxygen atoms in total. The van der Waals surface area contributed by atoms with E-state index in [4.69, 9.17) is 39.5 Å². The van der Waals surface area contributed by atoms with Crippen LogP contribution < -0.4 is 14.4 Å². The monoisotopic (exact) mass is 647 g/mol. The molecule has 1 saturated heterocycles. The highest BCUT2D eigenvalue weighted by molar-refractivity contribution is 9.10. The minimum absolute atomic E-state index is 0.128. The van der Waals surface area contributed by atoms with Gasteiger partial charge in [-0.1, -0.05) is 75.0 Å². The summed E-state index contributed by atoms with van der Waals surface area (Å²) in [5.41, 5.74) is 1.67. The molecule has 3 aromatic rings. The van der Waals surface area contributed by atoms with E-state index in [1.807, 2.05) is 41.3 Å². The Morgan fingerprint density at radius 3 is 2.46 bits per heavy atom. The van der Waals surface area contributed by atoms with Gasteiger partial charge < -0.3 is 14.5 Å². The fraction of sp³-hybridized carbons (Fsp3) is 0.320. The van der Waals surface area contributed by atoms with E-state index in [-0.39, 0.29) is 11.4 Å². The Balaban J connectivity index is 1.47. The molecule has 0 spiro atoms. The summed E-state index contributed by atoms with van der Waals surface area (Å²) in [6.07, 6.45) is 0.537. The standard InChI is InChI=1S/C25H25BrCl3N3O4S/c1-36-23-8-7-20(16-22(23)31-11-13-32(14-12-31)24(33)25(27,28)29)37(34,35)30-10-9-18-4-2-3-17-5-6-19(26)15-21(17)18/h2-8,15-16,30H,9-14H2,1H3. The minimum atomic E-state index is -3.78. The van der Waals surface area contributed by atoms with Crippen LogP contribution in [0.3, 0.4) is 0 Å². The van der Waals surface area contributed by atoms with E-state index in [2.05, 4.69) is 20.7 Å². The molecule has 4 rings (SSSR count). The van der Waals surface area contributed by atoms with Gasteiger partial charge in [0.15, 0.2) is 0 Å². The van der Waals surface area contributed by atoms with Gasteiger partial charge in [0.25, 0.3) is 9.70 Å². The average Bonchev–Trinajstić information content (AvgIpc) is 2.87. The van der Waals surface area contributed by atoms with E-state index in [0.29, 0.717) is 44.0 Å². The fourth-order valence-corrected chi connectivity index (χ4v) is 6.12. The maximum absolute atomic E-state index is 13.2. The number of methoxy groups -OCH3 is 1. The van der Waals surface area contributed by atoms with Crippen molar-refractivity contribution in [1.82, 2.24) is 9.62 Å². The summed E-state index contributed by atoms with van der Waals surface area (Å²) in [5, 5.41) is 2.18. The number of nitrogens with one attached hydrogen (secondary N) is 1. The van der Waals surface area contributed by atoms with Crippen molar-refractivity contribution >= 4 is 83.1 Å². The Bertz CT molecular complexity index is 1410. The van der Waals surface area contributed by atoms with Crippen LogP contribution in [0.2, 0.25) is 0 Å². The molecule has 0 saturated carbocycles. The molecule has 0 radical (unpaired) electrons. The van der Waals surface area contributed by atoms with Gasteiger partial charge in [-0.2, -0.15) is 0 Å². The van der Waals surface area contributed by atoms with Crippen LogP contribution in [0, 0.1) is 0 Å². The van der Waals surface area contributed by atoms with Crippen molar-refractivity contribution in [1.29, 1.82) is 0 Å². The lowest BCUT2D eigenvalue weighted by Gasteiger charge is -2.37. The smallest absolute Gasteiger partial charge is 0.274 e. The second-order valence-electron chi connectivity index (χ2n) is 8.54. The van der Waals surface area contributed by atoms with E-state index in [9.17, 15) is 13.2 Å². The number of piperazine rings is 1. The fourth-order valence-electron chi connectivity index (χ4n) is 4.34. The van der Waals surface area contributed by atoms with Crippen molar-refractivity contribution in [3.05, 3.63) is 64.6 Å². The zero-order chi connectivity index (χ0) is 26.8. The number of rotatable bonds is 7. The van der Waals surface area contributed by atoms with Crippen molar-refractivity contribution < 1.29 is 17.9 Å². The van der Waals surface area contributed by atoms with Crippen LogP contribution in [0.15, 0.2) is 64.0 Å². The number of amides is 1. The van der Waals surface area contributed by atoms with Gasteiger partial charge in [0.05, 0.1) is 17.7 Å². The average molecular weight is 650 g/mol. The van der Waals surface area contributed by atoms with E-state index >= 15 is 0 Å². The lowest BCUT2D eigenvalue weighted by atomic mass is 10.0. The van der Waals surface area contributed by atoms with Gasteiger partial charge in [-0.05, 0) is 53.1 Å². The number of sulfonamides is 1. The molecule has 1 amide bonds. The number of anilines is 1.